The number of carboxylic acid groups (broad SMARTS) is 2. The Morgan fingerprint density at radius 1 is 0.818 bits per heavy atom. The van der Waals surface area contributed by atoms with Crippen LogP contribution in [0, 0.1) is 0 Å². The lowest BCUT2D eigenvalue weighted by atomic mass is 9.94. The van der Waals surface area contributed by atoms with E-state index in [-0.39, 0.29) is 11.1 Å². The van der Waals surface area contributed by atoms with Crippen molar-refractivity contribution in [3.8, 4) is 0 Å². The fraction of sp³-hybridized carbons (Fsp3) is 0. The van der Waals surface area contributed by atoms with Crippen LogP contribution < -0.4 is 0 Å². The Morgan fingerprint density at radius 2 is 1.59 bits per heavy atom. The summed E-state index contributed by atoms with van der Waals surface area (Å²) in [5.41, 5.74) is 2.15. The van der Waals surface area contributed by atoms with Crippen LogP contribution in [0.15, 0.2) is 36.4 Å². The number of carbonyl (C=O) groups is 2. The van der Waals surface area contributed by atoms with Crippen molar-refractivity contribution < 1.29 is 19.8 Å². The van der Waals surface area contributed by atoms with Crippen LogP contribution in [0.5, 0.6) is 0 Å². The van der Waals surface area contributed by atoms with Crippen molar-refractivity contribution in [2.24, 2.45) is 0 Å². The van der Waals surface area contributed by atoms with Gasteiger partial charge in [-0.2, -0.15) is 0 Å². The minimum absolute atomic E-state index is 0.239. The molecule has 0 aromatic heterocycles. The van der Waals surface area contributed by atoms with Gasteiger partial charge in [0.05, 0.1) is 11.1 Å². The van der Waals surface area contributed by atoms with Crippen LogP contribution in [-0.4, -0.2) is 22.2 Å². The zero-order chi connectivity index (χ0) is 15.4. The summed E-state index contributed by atoms with van der Waals surface area (Å²) >= 11 is 0. The molecule has 106 valence electrons. The molecule has 0 radical (unpaired) electrons. The van der Waals surface area contributed by atoms with Gasteiger partial charge in [-0.05, 0) is 56.9 Å². The number of rotatable bonds is 2. The van der Waals surface area contributed by atoms with Gasteiger partial charge in [0.2, 0.25) is 0 Å². The first-order valence-corrected chi connectivity index (χ1v) is 6.74. The van der Waals surface area contributed by atoms with E-state index >= 15 is 0 Å². The summed E-state index contributed by atoms with van der Waals surface area (Å²) < 4.78 is 0. The summed E-state index contributed by atoms with van der Waals surface area (Å²) in [5.74, 6) is -1.91. The second-order valence-electron chi connectivity index (χ2n) is 5.29. The molecule has 4 rings (SSSR count). The molecule has 0 saturated heterocycles. The Hall–Kier alpha value is -3.14. The molecule has 3 aromatic rings. The third-order valence-electron chi connectivity index (χ3n) is 4.09. The van der Waals surface area contributed by atoms with E-state index in [1.807, 2.05) is 12.1 Å². The molecule has 1 aliphatic carbocycles. The molecule has 0 heterocycles. The second kappa shape index (κ2) is 4.18. The largest absolute Gasteiger partial charge is 0.478 e. The van der Waals surface area contributed by atoms with Gasteiger partial charge in [-0.3, -0.25) is 0 Å². The van der Waals surface area contributed by atoms with E-state index in [1.54, 1.807) is 36.4 Å². The van der Waals surface area contributed by atoms with Crippen molar-refractivity contribution in [3.63, 3.8) is 0 Å². The normalized spacial score (nSPS) is 12.2. The van der Waals surface area contributed by atoms with Crippen molar-refractivity contribution in [1.29, 1.82) is 0 Å². The quantitative estimate of drug-likeness (QED) is 0.549. The predicted molar refractivity (Wildman–Crippen MR) is 84.3 cm³/mol. The molecule has 0 bridgehead atoms. The highest BCUT2D eigenvalue weighted by molar-refractivity contribution is 6.19. The minimum Gasteiger partial charge on any atom is -0.478 e. The third kappa shape index (κ3) is 1.58. The molecule has 4 nitrogen and oxygen atoms in total. The number of hydrogen-bond acceptors (Lipinski definition) is 2. The van der Waals surface area contributed by atoms with E-state index in [0.29, 0.717) is 5.56 Å². The Bertz CT molecular complexity index is 1030. The summed E-state index contributed by atoms with van der Waals surface area (Å²) in [7, 11) is 0. The molecule has 2 N–H and O–H groups in total. The zero-order valence-corrected chi connectivity index (χ0v) is 11.3. The Labute approximate surface area is 124 Å². The van der Waals surface area contributed by atoms with Crippen molar-refractivity contribution in [3.05, 3.63) is 58.7 Å². The summed E-state index contributed by atoms with van der Waals surface area (Å²) in [6, 6.07) is 10.3. The molecule has 0 fully saturated rings. The van der Waals surface area contributed by atoms with Gasteiger partial charge in [-0.1, -0.05) is 24.3 Å². The Kier molecular flexibility index (Phi) is 2.39. The van der Waals surface area contributed by atoms with E-state index in [9.17, 15) is 14.7 Å². The maximum Gasteiger partial charge on any atom is 0.336 e. The monoisotopic (exact) mass is 290 g/mol. The van der Waals surface area contributed by atoms with Crippen LogP contribution in [0.1, 0.15) is 31.8 Å². The molecular formula is C18H10O4. The van der Waals surface area contributed by atoms with E-state index in [0.717, 1.165) is 27.1 Å². The lowest BCUT2D eigenvalue weighted by molar-refractivity contribution is 0.0686. The first-order valence-electron chi connectivity index (χ1n) is 6.74. The van der Waals surface area contributed by atoms with E-state index in [4.69, 9.17) is 5.11 Å². The highest BCUT2D eigenvalue weighted by Crippen LogP contribution is 2.38. The van der Waals surface area contributed by atoms with Gasteiger partial charge in [0.1, 0.15) is 0 Å². The lowest BCUT2D eigenvalue weighted by Gasteiger charge is -2.10. The summed E-state index contributed by atoms with van der Waals surface area (Å²) in [6.07, 6.45) is 3.68. The minimum atomic E-state index is -0.962. The lowest BCUT2D eigenvalue weighted by Crippen LogP contribution is -2.00. The fourth-order valence-corrected chi connectivity index (χ4v) is 3.12. The summed E-state index contributed by atoms with van der Waals surface area (Å²) in [4.78, 5) is 22.4. The van der Waals surface area contributed by atoms with Gasteiger partial charge in [-0.15, -0.1) is 0 Å². The predicted octanol–water partition coefficient (Wildman–Crippen LogP) is 3.87. The van der Waals surface area contributed by atoms with Gasteiger partial charge >= 0.3 is 11.9 Å². The third-order valence-corrected chi connectivity index (χ3v) is 4.09. The van der Waals surface area contributed by atoms with Crippen LogP contribution >= 0.6 is 0 Å². The number of aromatic carboxylic acids is 2. The molecule has 0 amide bonds. The molecule has 0 atom stereocenters. The molecule has 3 aromatic carbocycles. The van der Waals surface area contributed by atoms with Gasteiger partial charge < -0.3 is 10.2 Å². The van der Waals surface area contributed by atoms with Crippen LogP contribution in [0.4, 0.5) is 0 Å². The van der Waals surface area contributed by atoms with Crippen LogP contribution in [0.2, 0.25) is 0 Å². The van der Waals surface area contributed by atoms with Crippen LogP contribution in [0.25, 0.3) is 33.7 Å². The first-order chi connectivity index (χ1) is 10.6. The van der Waals surface area contributed by atoms with E-state index in [1.165, 1.54) is 0 Å². The number of carboxylic acids is 2. The van der Waals surface area contributed by atoms with Crippen molar-refractivity contribution in [1.82, 2.24) is 0 Å². The molecule has 4 heteroatoms. The Balaban J connectivity index is 2.15. The maximum absolute atomic E-state index is 11.3. The standard InChI is InChI=1S/C18H10O4/c19-17(20)10-2-3-12-11(8-10)7-9-1-4-14-15(18(21)22)6-5-13(12)16(9)14/h1-8H,(H,19,20)(H,21,22). The first kappa shape index (κ1) is 12.6. The van der Waals surface area contributed by atoms with Crippen molar-refractivity contribution in [2.75, 3.05) is 0 Å². The molecule has 0 unspecified atom stereocenters. The average molecular weight is 290 g/mol. The summed E-state index contributed by atoms with van der Waals surface area (Å²) in [5, 5.41) is 22.0. The number of benzene rings is 3. The van der Waals surface area contributed by atoms with Gasteiger partial charge in [0, 0.05) is 0 Å². The molecule has 22 heavy (non-hydrogen) atoms. The molecule has 1 aliphatic rings. The number of fused-ring (bicyclic) bond motifs is 2. The van der Waals surface area contributed by atoms with Crippen LogP contribution in [0.3, 0.4) is 0 Å². The van der Waals surface area contributed by atoms with E-state index < -0.39 is 11.9 Å². The highest BCUT2D eigenvalue weighted by Gasteiger charge is 2.19. The van der Waals surface area contributed by atoms with Gasteiger partial charge in [0.25, 0.3) is 0 Å². The SMILES string of the molecule is O=C(O)c1ccc2c(c1)cc1c3c(c(C(=O)O)ccc32)C=C1. The maximum atomic E-state index is 11.3. The second-order valence-corrected chi connectivity index (χ2v) is 5.29. The topological polar surface area (TPSA) is 74.6 Å². The fourth-order valence-electron chi connectivity index (χ4n) is 3.12. The molecule has 0 aliphatic heterocycles. The van der Waals surface area contributed by atoms with Gasteiger partial charge in [-0.25, -0.2) is 9.59 Å². The van der Waals surface area contributed by atoms with E-state index in [2.05, 4.69) is 0 Å². The molecule has 0 spiro atoms. The zero-order valence-electron chi connectivity index (χ0n) is 11.3. The molecular weight excluding hydrogens is 280 g/mol. The molecule has 0 saturated carbocycles. The van der Waals surface area contributed by atoms with Crippen molar-refractivity contribution in [2.45, 2.75) is 0 Å². The summed E-state index contributed by atoms with van der Waals surface area (Å²) in [6.45, 7) is 0. The van der Waals surface area contributed by atoms with Crippen molar-refractivity contribution >= 4 is 45.6 Å². The van der Waals surface area contributed by atoms with Gasteiger partial charge in [0.15, 0.2) is 0 Å². The number of hydrogen-bond donors (Lipinski definition) is 2. The highest BCUT2D eigenvalue weighted by atomic mass is 16.4. The average Bonchev–Trinajstić information content (AvgIpc) is 2.91. The smallest absolute Gasteiger partial charge is 0.336 e. The van der Waals surface area contributed by atoms with Crippen LogP contribution in [-0.2, 0) is 0 Å². The Morgan fingerprint density at radius 3 is 2.32 bits per heavy atom.